The van der Waals surface area contributed by atoms with Crippen molar-refractivity contribution in [2.75, 3.05) is 32.9 Å². The van der Waals surface area contributed by atoms with Gasteiger partial charge in [-0.25, -0.2) is 4.39 Å². The summed E-state index contributed by atoms with van der Waals surface area (Å²) in [7, 11) is 0. The van der Waals surface area contributed by atoms with Gasteiger partial charge in [-0.1, -0.05) is 6.07 Å². The molecular formula is C29H30F7NO4. The SMILES string of the molecule is Cc1cc(F)ccc1[C@@H]1[C@@H](O[C@H](C)c2cc(C(F)(F)F)cc(C(F)(F)F)c2)OC[C@@H]2CN(C(=O)C3CCOC3)C[C@H]21. The molecule has 0 N–H and O–H groups in total. The maximum Gasteiger partial charge on any atom is 0.416 e. The van der Waals surface area contributed by atoms with Crippen molar-refractivity contribution in [1.29, 1.82) is 0 Å². The molecule has 41 heavy (non-hydrogen) atoms. The summed E-state index contributed by atoms with van der Waals surface area (Å²) in [4.78, 5) is 14.9. The number of fused-ring (bicyclic) bond motifs is 1. The zero-order chi connectivity index (χ0) is 29.7. The van der Waals surface area contributed by atoms with Crippen LogP contribution >= 0.6 is 0 Å². The average molecular weight is 590 g/mol. The number of carbonyl (C=O) groups excluding carboxylic acids is 1. The first-order valence-corrected chi connectivity index (χ1v) is 13.4. The Morgan fingerprint density at radius 1 is 1.00 bits per heavy atom. The monoisotopic (exact) mass is 589 g/mol. The zero-order valence-corrected chi connectivity index (χ0v) is 22.4. The topological polar surface area (TPSA) is 48.0 Å². The number of halogens is 7. The van der Waals surface area contributed by atoms with E-state index in [0.717, 1.165) is 0 Å². The van der Waals surface area contributed by atoms with Gasteiger partial charge in [0.15, 0.2) is 6.29 Å². The molecule has 0 saturated carbocycles. The van der Waals surface area contributed by atoms with Gasteiger partial charge in [0.2, 0.25) is 5.91 Å². The fraction of sp³-hybridized carbons (Fsp3) is 0.552. The Morgan fingerprint density at radius 3 is 2.27 bits per heavy atom. The van der Waals surface area contributed by atoms with E-state index in [9.17, 15) is 35.5 Å². The van der Waals surface area contributed by atoms with Crippen LogP contribution in [0.3, 0.4) is 0 Å². The first-order valence-electron chi connectivity index (χ1n) is 13.4. The highest BCUT2D eigenvalue weighted by atomic mass is 19.4. The van der Waals surface area contributed by atoms with Gasteiger partial charge < -0.3 is 19.1 Å². The van der Waals surface area contributed by atoms with Gasteiger partial charge in [0.25, 0.3) is 0 Å². The minimum absolute atomic E-state index is 0.0269. The molecule has 3 aliphatic heterocycles. The number of benzene rings is 2. The molecule has 0 spiro atoms. The summed E-state index contributed by atoms with van der Waals surface area (Å²) < 4.78 is 112. The minimum Gasteiger partial charge on any atom is -0.381 e. The van der Waals surface area contributed by atoms with Crippen molar-refractivity contribution in [3.05, 3.63) is 70.0 Å². The molecule has 224 valence electrons. The van der Waals surface area contributed by atoms with Crippen LogP contribution in [0, 0.1) is 30.5 Å². The molecule has 12 heteroatoms. The molecule has 1 unspecified atom stereocenters. The van der Waals surface area contributed by atoms with Gasteiger partial charge in [0, 0.05) is 31.5 Å². The lowest BCUT2D eigenvalue weighted by atomic mass is 9.76. The van der Waals surface area contributed by atoms with E-state index in [2.05, 4.69) is 0 Å². The quantitative estimate of drug-likeness (QED) is 0.374. The number of alkyl halides is 6. The van der Waals surface area contributed by atoms with Crippen molar-refractivity contribution in [3.8, 4) is 0 Å². The Balaban J connectivity index is 1.45. The highest BCUT2D eigenvalue weighted by molar-refractivity contribution is 5.79. The third-order valence-electron chi connectivity index (χ3n) is 8.32. The van der Waals surface area contributed by atoms with E-state index in [-0.39, 0.29) is 41.9 Å². The first-order chi connectivity index (χ1) is 19.2. The Bertz CT molecular complexity index is 1240. The van der Waals surface area contributed by atoms with Crippen LogP contribution in [0.2, 0.25) is 0 Å². The molecule has 3 saturated heterocycles. The number of ether oxygens (including phenoxy) is 3. The number of nitrogens with zero attached hydrogens (tertiary/aromatic N) is 1. The summed E-state index contributed by atoms with van der Waals surface area (Å²) in [6.07, 6.45) is -11.6. The summed E-state index contributed by atoms with van der Waals surface area (Å²) >= 11 is 0. The van der Waals surface area contributed by atoms with Gasteiger partial charge in [-0.15, -0.1) is 0 Å². The van der Waals surface area contributed by atoms with E-state index in [4.69, 9.17) is 14.2 Å². The van der Waals surface area contributed by atoms with Crippen molar-refractivity contribution in [3.63, 3.8) is 0 Å². The predicted molar refractivity (Wildman–Crippen MR) is 132 cm³/mol. The van der Waals surface area contributed by atoms with E-state index in [1.54, 1.807) is 17.9 Å². The Hall–Kier alpha value is -2.70. The van der Waals surface area contributed by atoms with Crippen molar-refractivity contribution >= 4 is 5.91 Å². The maximum absolute atomic E-state index is 14.0. The number of aryl methyl sites for hydroxylation is 1. The Morgan fingerprint density at radius 2 is 1.68 bits per heavy atom. The van der Waals surface area contributed by atoms with E-state index in [1.165, 1.54) is 19.1 Å². The van der Waals surface area contributed by atoms with E-state index in [0.29, 0.717) is 56.0 Å². The van der Waals surface area contributed by atoms with Gasteiger partial charge in [-0.05, 0) is 73.2 Å². The van der Waals surface area contributed by atoms with Gasteiger partial charge in [-0.2, -0.15) is 26.3 Å². The average Bonchev–Trinajstić information content (AvgIpc) is 3.58. The Labute approximate surface area is 232 Å². The van der Waals surface area contributed by atoms with Gasteiger partial charge in [0.1, 0.15) is 5.82 Å². The molecule has 1 amide bonds. The first kappa shape index (κ1) is 29.8. The zero-order valence-electron chi connectivity index (χ0n) is 22.4. The molecule has 2 aromatic carbocycles. The fourth-order valence-electron chi connectivity index (χ4n) is 6.18. The van der Waals surface area contributed by atoms with Crippen LogP contribution in [0.5, 0.6) is 0 Å². The van der Waals surface area contributed by atoms with Crippen molar-refractivity contribution in [1.82, 2.24) is 4.90 Å². The summed E-state index contributed by atoms with van der Waals surface area (Å²) in [5.74, 6) is -1.56. The molecule has 0 aromatic heterocycles. The second-order valence-corrected chi connectivity index (χ2v) is 11.1. The molecule has 0 radical (unpaired) electrons. The third-order valence-corrected chi connectivity index (χ3v) is 8.32. The molecule has 0 aliphatic carbocycles. The Kier molecular flexibility index (Phi) is 8.12. The third kappa shape index (κ3) is 6.24. The molecule has 3 aliphatic rings. The number of rotatable bonds is 5. The smallest absolute Gasteiger partial charge is 0.381 e. The maximum atomic E-state index is 14.0. The minimum atomic E-state index is -5.00. The molecule has 3 fully saturated rings. The van der Waals surface area contributed by atoms with Crippen LogP contribution in [-0.4, -0.2) is 50.0 Å². The van der Waals surface area contributed by atoms with Gasteiger partial charge in [-0.3, -0.25) is 4.79 Å². The molecule has 6 atom stereocenters. The predicted octanol–water partition coefficient (Wildman–Crippen LogP) is 6.50. The van der Waals surface area contributed by atoms with Crippen LogP contribution in [0.25, 0.3) is 0 Å². The summed E-state index contributed by atoms with van der Waals surface area (Å²) in [6.45, 7) is 4.91. The van der Waals surface area contributed by atoms with Crippen LogP contribution in [0.1, 0.15) is 53.2 Å². The summed E-state index contributed by atoms with van der Waals surface area (Å²) in [6, 6.07) is 5.57. The highest BCUT2D eigenvalue weighted by Crippen LogP contribution is 2.46. The van der Waals surface area contributed by atoms with Crippen LogP contribution < -0.4 is 0 Å². The van der Waals surface area contributed by atoms with Gasteiger partial charge in [0.05, 0.1) is 36.4 Å². The number of hydrogen-bond donors (Lipinski definition) is 0. The molecule has 0 bridgehead atoms. The standard InChI is InChI=1S/C29H30F7NO4/c1-15-7-22(30)3-4-23(15)25-24-12-37(26(38)17-5-6-39-13-17)11-19(24)14-40-27(25)41-16(2)18-8-20(28(31,32)33)10-21(9-18)29(34,35)36/h3-4,7-10,16-17,19,24-25,27H,5-6,11-14H2,1-2H3/t16-,17?,19+,24-,25+,27-/m1/s1. The number of amides is 1. The van der Waals surface area contributed by atoms with Crippen molar-refractivity contribution in [2.45, 2.75) is 50.9 Å². The second kappa shape index (κ2) is 11.2. The van der Waals surface area contributed by atoms with Crippen molar-refractivity contribution < 1.29 is 49.7 Å². The second-order valence-electron chi connectivity index (χ2n) is 11.1. The number of hydrogen-bond acceptors (Lipinski definition) is 4. The van der Waals surface area contributed by atoms with E-state index >= 15 is 0 Å². The number of likely N-dealkylation sites (tertiary alicyclic amines) is 1. The number of carbonyl (C=O) groups is 1. The van der Waals surface area contributed by atoms with Crippen LogP contribution in [-0.2, 0) is 31.4 Å². The largest absolute Gasteiger partial charge is 0.416 e. The van der Waals surface area contributed by atoms with E-state index in [1.807, 2.05) is 0 Å². The summed E-state index contributed by atoms with van der Waals surface area (Å²) in [5.41, 5.74) is -1.91. The lowest BCUT2D eigenvalue weighted by molar-refractivity contribution is -0.217. The lowest BCUT2D eigenvalue weighted by Crippen LogP contribution is -2.42. The summed E-state index contributed by atoms with van der Waals surface area (Å²) in [5, 5.41) is 0. The van der Waals surface area contributed by atoms with Crippen LogP contribution in [0.15, 0.2) is 36.4 Å². The molecule has 2 aromatic rings. The normalized spacial score (nSPS) is 27.6. The lowest BCUT2D eigenvalue weighted by Gasteiger charge is -2.41. The van der Waals surface area contributed by atoms with Crippen molar-refractivity contribution in [2.24, 2.45) is 17.8 Å². The molecule has 5 nitrogen and oxygen atoms in total. The molecular weight excluding hydrogens is 559 g/mol. The highest BCUT2D eigenvalue weighted by Gasteiger charge is 2.49. The van der Waals surface area contributed by atoms with Gasteiger partial charge >= 0.3 is 12.4 Å². The molecule has 5 rings (SSSR count). The van der Waals surface area contributed by atoms with Crippen LogP contribution in [0.4, 0.5) is 30.7 Å². The van der Waals surface area contributed by atoms with E-state index < -0.39 is 47.6 Å². The molecule has 3 heterocycles. The fourth-order valence-corrected chi connectivity index (χ4v) is 6.18.